The van der Waals surface area contributed by atoms with E-state index in [1.165, 1.54) is 0 Å². The van der Waals surface area contributed by atoms with Gasteiger partial charge in [-0.25, -0.2) is 4.79 Å². The summed E-state index contributed by atoms with van der Waals surface area (Å²) in [7, 11) is 0. The first kappa shape index (κ1) is 13.1. The number of benzene rings is 2. The molecule has 0 bridgehead atoms. The number of carboxylic acids is 1. The second-order valence-corrected chi connectivity index (χ2v) is 4.35. The lowest BCUT2D eigenvalue weighted by Gasteiger charge is -2.12. The molecule has 2 aromatic carbocycles. The maximum atomic E-state index is 10.9. The molecule has 19 heavy (non-hydrogen) atoms. The van der Waals surface area contributed by atoms with Crippen LogP contribution in [0.1, 0.15) is 28.4 Å². The summed E-state index contributed by atoms with van der Waals surface area (Å²) in [5.41, 5.74) is 2.21. The zero-order chi connectivity index (χ0) is 13.8. The molecule has 0 saturated carbocycles. The first-order chi connectivity index (χ1) is 9.11. The van der Waals surface area contributed by atoms with Crippen molar-refractivity contribution in [1.82, 2.24) is 0 Å². The Bertz CT molecular complexity index is 603. The Kier molecular flexibility index (Phi) is 3.85. The minimum atomic E-state index is -0.927. The zero-order valence-corrected chi connectivity index (χ0v) is 11.0. The van der Waals surface area contributed by atoms with Gasteiger partial charge in [-0.2, -0.15) is 0 Å². The number of hydrogen-bond donors (Lipinski definition) is 1. The molecule has 0 spiro atoms. The summed E-state index contributed by atoms with van der Waals surface area (Å²) < 4.78 is 5.87. The molecule has 0 radical (unpaired) electrons. The van der Waals surface area contributed by atoms with E-state index in [2.05, 4.69) is 6.92 Å². The Labute approximate surface area is 112 Å². The van der Waals surface area contributed by atoms with Gasteiger partial charge in [-0.05, 0) is 48.7 Å². The third-order valence-corrected chi connectivity index (χ3v) is 3.00. The Morgan fingerprint density at radius 1 is 1.16 bits per heavy atom. The van der Waals surface area contributed by atoms with Crippen molar-refractivity contribution in [3.05, 3.63) is 59.2 Å². The lowest BCUT2D eigenvalue weighted by atomic mass is 10.1. The third-order valence-electron chi connectivity index (χ3n) is 3.00. The van der Waals surface area contributed by atoms with Gasteiger partial charge in [0.05, 0.1) is 5.56 Å². The molecule has 0 atom stereocenters. The summed E-state index contributed by atoms with van der Waals surface area (Å²) in [6.45, 7) is 3.92. The monoisotopic (exact) mass is 256 g/mol. The van der Waals surface area contributed by atoms with E-state index in [4.69, 9.17) is 9.84 Å². The van der Waals surface area contributed by atoms with Crippen molar-refractivity contribution in [2.75, 3.05) is 0 Å². The van der Waals surface area contributed by atoms with Crippen molar-refractivity contribution in [1.29, 1.82) is 0 Å². The lowest BCUT2D eigenvalue weighted by molar-refractivity contribution is 0.0697. The molecule has 0 aliphatic rings. The van der Waals surface area contributed by atoms with E-state index in [-0.39, 0.29) is 5.56 Å². The average Bonchev–Trinajstić information content (AvgIpc) is 2.41. The lowest BCUT2D eigenvalue weighted by Crippen LogP contribution is -1.98. The van der Waals surface area contributed by atoms with Crippen LogP contribution in [0.3, 0.4) is 0 Å². The summed E-state index contributed by atoms with van der Waals surface area (Å²) in [6, 6.07) is 12.7. The molecule has 1 N–H and O–H groups in total. The number of hydrogen-bond acceptors (Lipinski definition) is 2. The fourth-order valence-electron chi connectivity index (χ4n) is 1.91. The predicted molar refractivity (Wildman–Crippen MR) is 74.0 cm³/mol. The molecule has 0 saturated heterocycles. The second-order valence-electron chi connectivity index (χ2n) is 4.35. The van der Waals surface area contributed by atoms with E-state index in [9.17, 15) is 4.79 Å². The van der Waals surface area contributed by atoms with E-state index in [1.54, 1.807) is 18.2 Å². The number of carboxylic acid groups (broad SMARTS) is 1. The fraction of sp³-hybridized carbons (Fsp3) is 0.188. The van der Waals surface area contributed by atoms with Gasteiger partial charge < -0.3 is 9.84 Å². The molecular formula is C16H16O3. The van der Waals surface area contributed by atoms with Gasteiger partial charge in [-0.15, -0.1) is 0 Å². The topological polar surface area (TPSA) is 46.5 Å². The van der Waals surface area contributed by atoms with Crippen LogP contribution in [0, 0.1) is 6.92 Å². The molecular weight excluding hydrogens is 240 g/mol. The molecule has 0 fully saturated rings. The van der Waals surface area contributed by atoms with E-state index in [0.29, 0.717) is 5.75 Å². The molecule has 0 aromatic heterocycles. The molecule has 2 rings (SSSR count). The molecule has 2 aromatic rings. The molecule has 98 valence electrons. The van der Waals surface area contributed by atoms with Crippen molar-refractivity contribution >= 4 is 5.97 Å². The van der Waals surface area contributed by atoms with Crippen molar-refractivity contribution in [2.24, 2.45) is 0 Å². The maximum Gasteiger partial charge on any atom is 0.335 e. The molecule has 0 unspecified atom stereocenters. The van der Waals surface area contributed by atoms with E-state index >= 15 is 0 Å². The SMILES string of the molecule is CCc1ccccc1Oc1ccc(C(=O)O)cc1C. The van der Waals surface area contributed by atoms with E-state index < -0.39 is 5.97 Å². The van der Waals surface area contributed by atoms with E-state index in [0.717, 1.165) is 23.3 Å². The number of carbonyl (C=O) groups is 1. The number of aryl methyl sites for hydroxylation is 2. The van der Waals surface area contributed by atoms with Crippen LogP contribution in [-0.2, 0) is 6.42 Å². The van der Waals surface area contributed by atoms with Gasteiger partial charge in [0.1, 0.15) is 11.5 Å². The van der Waals surface area contributed by atoms with Crippen LogP contribution in [0.25, 0.3) is 0 Å². The van der Waals surface area contributed by atoms with Crippen LogP contribution in [0.4, 0.5) is 0 Å². The first-order valence-electron chi connectivity index (χ1n) is 6.21. The van der Waals surface area contributed by atoms with Crippen molar-refractivity contribution in [2.45, 2.75) is 20.3 Å². The van der Waals surface area contributed by atoms with Gasteiger partial charge in [0.15, 0.2) is 0 Å². The molecule has 0 aliphatic heterocycles. The van der Waals surface area contributed by atoms with Gasteiger partial charge in [0, 0.05) is 0 Å². The highest BCUT2D eigenvalue weighted by Crippen LogP contribution is 2.28. The minimum Gasteiger partial charge on any atom is -0.478 e. The Morgan fingerprint density at radius 2 is 1.89 bits per heavy atom. The number of ether oxygens (including phenoxy) is 1. The molecule has 0 heterocycles. The van der Waals surface area contributed by atoms with Crippen molar-refractivity contribution in [3.63, 3.8) is 0 Å². The zero-order valence-electron chi connectivity index (χ0n) is 11.0. The normalized spacial score (nSPS) is 10.2. The second kappa shape index (κ2) is 5.57. The van der Waals surface area contributed by atoms with Crippen LogP contribution in [0.5, 0.6) is 11.5 Å². The van der Waals surface area contributed by atoms with Crippen LogP contribution in [0.2, 0.25) is 0 Å². The van der Waals surface area contributed by atoms with Crippen molar-refractivity contribution < 1.29 is 14.6 Å². The van der Waals surface area contributed by atoms with Crippen LogP contribution >= 0.6 is 0 Å². The maximum absolute atomic E-state index is 10.9. The highest BCUT2D eigenvalue weighted by atomic mass is 16.5. The summed E-state index contributed by atoms with van der Waals surface area (Å²) in [4.78, 5) is 10.9. The summed E-state index contributed by atoms with van der Waals surface area (Å²) in [6.07, 6.45) is 0.891. The highest BCUT2D eigenvalue weighted by Gasteiger charge is 2.08. The summed E-state index contributed by atoms with van der Waals surface area (Å²) in [5, 5.41) is 8.93. The molecule has 0 aliphatic carbocycles. The van der Waals surface area contributed by atoms with Crippen LogP contribution < -0.4 is 4.74 Å². The van der Waals surface area contributed by atoms with Crippen LogP contribution in [0.15, 0.2) is 42.5 Å². The predicted octanol–water partition coefficient (Wildman–Crippen LogP) is 4.05. The third kappa shape index (κ3) is 2.94. The van der Waals surface area contributed by atoms with Crippen molar-refractivity contribution in [3.8, 4) is 11.5 Å². The van der Waals surface area contributed by atoms with Crippen LogP contribution in [-0.4, -0.2) is 11.1 Å². The Balaban J connectivity index is 2.31. The first-order valence-corrected chi connectivity index (χ1v) is 6.21. The number of aromatic carboxylic acids is 1. The Hall–Kier alpha value is -2.29. The molecule has 3 heteroatoms. The largest absolute Gasteiger partial charge is 0.478 e. The number of para-hydroxylation sites is 1. The fourth-order valence-corrected chi connectivity index (χ4v) is 1.91. The standard InChI is InChI=1S/C16H16O3/c1-3-12-6-4-5-7-15(12)19-14-9-8-13(16(17)18)10-11(14)2/h4-10H,3H2,1-2H3,(H,17,18). The summed E-state index contributed by atoms with van der Waals surface area (Å²) in [5.74, 6) is 0.575. The molecule has 3 nitrogen and oxygen atoms in total. The highest BCUT2D eigenvalue weighted by molar-refractivity contribution is 5.88. The average molecular weight is 256 g/mol. The molecule has 0 amide bonds. The van der Waals surface area contributed by atoms with E-state index in [1.807, 2.05) is 31.2 Å². The van der Waals surface area contributed by atoms with Gasteiger partial charge >= 0.3 is 5.97 Å². The van der Waals surface area contributed by atoms with Gasteiger partial charge in [-0.1, -0.05) is 25.1 Å². The van der Waals surface area contributed by atoms with Gasteiger partial charge in [0.25, 0.3) is 0 Å². The number of rotatable bonds is 4. The minimum absolute atomic E-state index is 0.272. The Morgan fingerprint density at radius 3 is 2.53 bits per heavy atom. The smallest absolute Gasteiger partial charge is 0.335 e. The quantitative estimate of drug-likeness (QED) is 0.897. The van der Waals surface area contributed by atoms with Gasteiger partial charge in [-0.3, -0.25) is 0 Å². The summed E-state index contributed by atoms with van der Waals surface area (Å²) >= 11 is 0. The van der Waals surface area contributed by atoms with Gasteiger partial charge in [0.2, 0.25) is 0 Å².